The molecule has 0 saturated carbocycles. The summed E-state index contributed by atoms with van der Waals surface area (Å²) in [5.74, 6) is -0.139. The zero-order chi connectivity index (χ0) is 15.5. The van der Waals surface area contributed by atoms with E-state index in [1.165, 1.54) is 23.5 Å². The number of benzene rings is 1. The summed E-state index contributed by atoms with van der Waals surface area (Å²) in [6, 6.07) is 10.2. The summed E-state index contributed by atoms with van der Waals surface area (Å²) in [6.45, 7) is 6.64. The van der Waals surface area contributed by atoms with Crippen LogP contribution < -0.4 is 0 Å². The molecule has 0 N–H and O–H groups in total. The molecule has 1 aliphatic rings. The molecule has 5 heteroatoms. The summed E-state index contributed by atoms with van der Waals surface area (Å²) in [4.78, 5) is 18.6. The molecule has 116 valence electrons. The van der Waals surface area contributed by atoms with Crippen LogP contribution in [0.15, 0.2) is 36.4 Å². The highest BCUT2D eigenvalue weighted by Gasteiger charge is 2.22. The van der Waals surface area contributed by atoms with Crippen LogP contribution in [0.1, 0.15) is 16.6 Å². The number of piperazine rings is 1. The van der Waals surface area contributed by atoms with Gasteiger partial charge >= 0.3 is 0 Å². The zero-order valence-corrected chi connectivity index (χ0v) is 13.4. The first-order valence-electron chi connectivity index (χ1n) is 7.55. The standard InChI is InChI=1S/C17H19FN2OS/c1-2-19-9-11-20(12-10-19)17(21)16-8-7-15(22-16)13-3-5-14(18)6-4-13/h3-8H,2,9-12H2,1H3. The third-order valence-corrected chi connectivity index (χ3v) is 5.17. The first-order chi connectivity index (χ1) is 10.7. The van der Waals surface area contributed by atoms with Gasteiger partial charge in [-0.05, 0) is 36.4 Å². The normalized spacial score (nSPS) is 16.0. The van der Waals surface area contributed by atoms with Crippen molar-refractivity contribution in [3.63, 3.8) is 0 Å². The van der Waals surface area contributed by atoms with Crippen LogP contribution in [-0.2, 0) is 0 Å². The summed E-state index contributed by atoms with van der Waals surface area (Å²) < 4.78 is 13.0. The number of hydrogen-bond acceptors (Lipinski definition) is 3. The quantitative estimate of drug-likeness (QED) is 0.866. The SMILES string of the molecule is CCN1CCN(C(=O)c2ccc(-c3ccc(F)cc3)s2)CC1. The van der Waals surface area contributed by atoms with Gasteiger partial charge < -0.3 is 9.80 Å². The van der Waals surface area contributed by atoms with Crippen LogP contribution in [0.25, 0.3) is 10.4 Å². The van der Waals surface area contributed by atoms with E-state index in [1.807, 2.05) is 17.0 Å². The second kappa shape index (κ2) is 6.58. The minimum absolute atomic E-state index is 0.106. The molecule has 1 amide bonds. The van der Waals surface area contributed by atoms with Gasteiger partial charge in [0.15, 0.2) is 0 Å². The van der Waals surface area contributed by atoms with E-state index in [0.717, 1.165) is 48.0 Å². The van der Waals surface area contributed by atoms with E-state index in [0.29, 0.717) is 0 Å². The Kier molecular flexibility index (Phi) is 4.55. The van der Waals surface area contributed by atoms with Crippen molar-refractivity contribution < 1.29 is 9.18 Å². The van der Waals surface area contributed by atoms with Gasteiger partial charge in [-0.1, -0.05) is 19.1 Å². The highest BCUT2D eigenvalue weighted by molar-refractivity contribution is 7.17. The van der Waals surface area contributed by atoms with Gasteiger partial charge in [-0.3, -0.25) is 4.79 Å². The first-order valence-corrected chi connectivity index (χ1v) is 8.36. The molecule has 1 aromatic heterocycles. The van der Waals surface area contributed by atoms with Crippen molar-refractivity contribution in [2.75, 3.05) is 32.7 Å². The van der Waals surface area contributed by atoms with Crippen molar-refractivity contribution >= 4 is 17.2 Å². The van der Waals surface area contributed by atoms with Crippen molar-refractivity contribution in [2.45, 2.75) is 6.92 Å². The predicted octanol–water partition coefficient (Wildman–Crippen LogP) is 3.33. The van der Waals surface area contributed by atoms with Crippen LogP contribution in [0.3, 0.4) is 0 Å². The van der Waals surface area contributed by atoms with Crippen molar-refractivity contribution in [1.82, 2.24) is 9.80 Å². The molecule has 2 aromatic rings. The molecule has 0 unspecified atom stereocenters. The number of carbonyl (C=O) groups excluding carboxylic acids is 1. The fourth-order valence-electron chi connectivity index (χ4n) is 2.65. The number of amides is 1. The van der Waals surface area contributed by atoms with E-state index >= 15 is 0 Å². The molecule has 1 saturated heterocycles. The average Bonchev–Trinajstić information content (AvgIpc) is 3.05. The minimum atomic E-state index is -0.245. The smallest absolute Gasteiger partial charge is 0.264 e. The summed E-state index contributed by atoms with van der Waals surface area (Å²) in [5.41, 5.74) is 0.946. The Hall–Kier alpha value is -1.72. The fraction of sp³-hybridized carbons (Fsp3) is 0.353. The highest BCUT2D eigenvalue weighted by Crippen LogP contribution is 2.29. The maximum Gasteiger partial charge on any atom is 0.264 e. The highest BCUT2D eigenvalue weighted by atomic mass is 32.1. The second-order valence-corrected chi connectivity index (χ2v) is 6.48. The lowest BCUT2D eigenvalue weighted by atomic mass is 10.2. The lowest BCUT2D eigenvalue weighted by Crippen LogP contribution is -2.48. The zero-order valence-electron chi connectivity index (χ0n) is 12.6. The van der Waals surface area contributed by atoms with Gasteiger partial charge in [0.2, 0.25) is 0 Å². The number of nitrogens with zero attached hydrogens (tertiary/aromatic N) is 2. The van der Waals surface area contributed by atoms with Crippen molar-refractivity contribution in [2.24, 2.45) is 0 Å². The first kappa shape index (κ1) is 15.2. The third kappa shape index (κ3) is 3.20. The van der Waals surface area contributed by atoms with Crippen LogP contribution >= 0.6 is 11.3 Å². The number of halogens is 1. The van der Waals surface area contributed by atoms with E-state index in [2.05, 4.69) is 11.8 Å². The Morgan fingerprint density at radius 1 is 1.09 bits per heavy atom. The van der Waals surface area contributed by atoms with E-state index < -0.39 is 0 Å². The predicted molar refractivity (Wildman–Crippen MR) is 87.7 cm³/mol. The minimum Gasteiger partial charge on any atom is -0.335 e. The van der Waals surface area contributed by atoms with Gasteiger partial charge in [0.1, 0.15) is 5.82 Å². The Morgan fingerprint density at radius 2 is 1.77 bits per heavy atom. The van der Waals surface area contributed by atoms with E-state index in [1.54, 1.807) is 12.1 Å². The molecular formula is C17H19FN2OS. The van der Waals surface area contributed by atoms with E-state index in [4.69, 9.17) is 0 Å². The van der Waals surface area contributed by atoms with Crippen molar-refractivity contribution in [3.05, 3.63) is 47.1 Å². The molecule has 0 spiro atoms. The molecule has 2 heterocycles. The Labute approximate surface area is 134 Å². The molecule has 1 aliphatic heterocycles. The molecular weight excluding hydrogens is 299 g/mol. The average molecular weight is 318 g/mol. The van der Waals surface area contributed by atoms with Gasteiger partial charge in [0.25, 0.3) is 5.91 Å². The van der Waals surface area contributed by atoms with Gasteiger partial charge in [0.05, 0.1) is 4.88 Å². The third-order valence-electron chi connectivity index (χ3n) is 4.05. The maximum atomic E-state index is 13.0. The molecule has 0 atom stereocenters. The van der Waals surface area contributed by atoms with Gasteiger partial charge in [-0.15, -0.1) is 11.3 Å². The summed E-state index contributed by atoms with van der Waals surface area (Å²) in [5, 5.41) is 0. The topological polar surface area (TPSA) is 23.6 Å². The van der Waals surface area contributed by atoms with Crippen molar-refractivity contribution in [3.8, 4) is 10.4 Å². The van der Waals surface area contributed by atoms with E-state index in [-0.39, 0.29) is 11.7 Å². The van der Waals surface area contributed by atoms with E-state index in [9.17, 15) is 9.18 Å². The lowest BCUT2D eigenvalue weighted by Gasteiger charge is -2.33. The molecule has 1 fully saturated rings. The largest absolute Gasteiger partial charge is 0.335 e. The van der Waals surface area contributed by atoms with Crippen LogP contribution in [0.4, 0.5) is 4.39 Å². The Balaban J connectivity index is 1.71. The van der Waals surface area contributed by atoms with Gasteiger partial charge in [-0.25, -0.2) is 4.39 Å². The van der Waals surface area contributed by atoms with Gasteiger partial charge in [-0.2, -0.15) is 0 Å². The molecule has 1 aromatic carbocycles. The van der Waals surface area contributed by atoms with Crippen LogP contribution in [0.5, 0.6) is 0 Å². The van der Waals surface area contributed by atoms with Crippen LogP contribution in [-0.4, -0.2) is 48.4 Å². The molecule has 0 aliphatic carbocycles. The molecule has 3 rings (SSSR count). The van der Waals surface area contributed by atoms with Crippen molar-refractivity contribution in [1.29, 1.82) is 0 Å². The van der Waals surface area contributed by atoms with Crippen LogP contribution in [0, 0.1) is 5.82 Å². The van der Waals surface area contributed by atoms with Crippen LogP contribution in [0.2, 0.25) is 0 Å². The number of thiophene rings is 1. The summed E-state index contributed by atoms with van der Waals surface area (Å²) in [6.07, 6.45) is 0. The summed E-state index contributed by atoms with van der Waals surface area (Å²) >= 11 is 1.47. The molecule has 22 heavy (non-hydrogen) atoms. The number of hydrogen-bond donors (Lipinski definition) is 0. The fourth-order valence-corrected chi connectivity index (χ4v) is 3.62. The van der Waals surface area contributed by atoms with Gasteiger partial charge in [0, 0.05) is 31.1 Å². The Bertz CT molecular complexity index is 645. The lowest BCUT2D eigenvalue weighted by molar-refractivity contribution is 0.0648. The summed E-state index contributed by atoms with van der Waals surface area (Å²) in [7, 11) is 0. The monoisotopic (exact) mass is 318 g/mol. The molecule has 0 bridgehead atoms. The molecule has 0 radical (unpaired) electrons. The molecule has 3 nitrogen and oxygen atoms in total. The maximum absolute atomic E-state index is 13.0. The Morgan fingerprint density at radius 3 is 2.41 bits per heavy atom. The second-order valence-electron chi connectivity index (χ2n) is 5.40. The number of rotatable bonds is 3. The number of likely N-dealkylation sites (N-methyl/N-ethyl adjacent to an activating group) is 1. The number of carbonyl (C=O) groups is 1.